The summed E-state index contributed by atoms with van der Waals surface area (Å²) in [6, 6.07) is 15.3. The molecule has 0 fully saturated rings. The van der Waals surface area contributed by atoms with Gasteiger partial charge in [0.1, 0.15) is 0 Å². The first-order valence-corrected chi connectivity index (χ1v) is 14.1. The Labute approximate surface area is 263 Å². The highest BCUT2D eigenvalue weighted by atomic mass is 19.4. The van der Waals surface area contributed by atoms with Crippen molar-refractivity contribution in [1.82, 2.24) is 0 Å². The quantitative estimate of drug-likeness (QED) is 0.158. The number of aryl methyl sites for hydroxylation is 1. The predicted octanol–water partition coefficient (Wildman–Crippen LogP) is 9.91. The fourth-order valence-electron chi connectivity index (χ4n) is 5.25. The van der Waals surface area contributed by atoms with Crippen LogP contribution in [0.1, 0.15) is 47.2 Å². The fraction of sp³-hybridized carbons (Fsp3) is 0.257. The standard InChI is InChI=1S/C35H26F10O2/c1-3-22-4-12-26(13-5-22)31(34(40,41)42,35(43,44)45)27-14-6-23(7-15-27)20-30(47)33(38,39)29-18-10-25(11-19-29)24-8-16-28(17-9-24)32(36,37)21(2)46/h4-19H,3,20H2,1-2H3. The molecule has 0 unspecified atom stereocenters. The van der Waals surface area contributed by atoms with Crippen molar-refractivity contribution < 1.29 is 53.5 Å². The zero-order valence-electron chi connectivity index (χ0n) is 24.7. The van der Waals surface area contributed by atoms with Gasteiger partial charge in [0.05, 0.1) is 0 Å². The Bertz CT molecular complexity index is 1700. The van der Waals surface area contributed by atoms with Gasteiger partial charge in [0, 0.05) is 24.5 Å². The van der Waals surface area contributed by atoms with Crippen LogP contribution in [-0.4, -0.2) is 23.9 Å². The summed E-state index contributed by atoms with van der Waals surface area (Å²) in [5.74, 6) is -10.8. The molecule has 0 atom stereocenters. The first kappa shape index (κ1) is 35.4. The Hall–Kier alpha value is -4.48. The van der Waals surface area contributed by atoms with Crippen LogP contribution >= 0.6 is 0 Å². The number of halogens is 10. The minimum absolute atomic E-state index is 0.239. The van der Waals surface area contributed by atoms with E-state index in [4.69, 9.17) is 0 Å². The second kappa shape index (κ2) is 12.6. The third kappa shape index (κ3) is 6.55. The molecule has 12 heteroatoms. The Morgan fingerprint density at radius 2 is 0.830 bits per heavy atom. The number of rotatable bonds is 10. The number of Topliss-reactive ketones (excluding diaryl/α,β-unsaturated/α-hetero) is 2. The molecule has 0 amide bonds. The molecule has 0 bridgehead atoms. The van der Waals surface area contributed by atoms with E-state index < -0.39 is 69.9 Å². The number of alkyl halides is 10. The molecule has 2 nitrogen and oxygen atoms in total. The Morgan fingerprint density at radius 1 is 0.489 bits per heavy atom. The van der Waals surface area contributed by atoms with Crippen LogP contribution in [0, 0.1) is 0 Å². The van der Waals surface area contributed by atoms with Gasteiger partial charge in [-0.15, -0.1) is 0 Å². The zero-order valence-corrected chi connectivity index (χ0v) is 24.7. The van der Waals surface area contributed by atoms with Crippen molar-refractivity contribution in [3.05, 3.63) is 130 Å². The SMILES string of the molecule is CCc1ccc(C(c2ccc(CC(=O)C(F)(F)c3ccc(-c4ccc(C(F)(F)C(C)=O)cc4)cc3)cc2)(C(F)(F)F)C(F)(F)F)cc1. The lowest BCUT2D eigenvalue weighted by Gasteiger charge is -2.38. The highest BCUT2D eigenvalue weighted by Gasteiger charge is 2.72. The summed E-state index contributed by atoms with van der Waals surface area (Å²) >= 11 is 0. The van der Waals surface area contributed by atoms with Gasteiger partial charge in [-0.05, 0) is 39.8 Å². The molecule has 0 spiro atoms. The van der Waals surface area contributed by atoms with E-state index in [-0.39, 0.29) is 5.56 Å². The van der Waals surface area contributed by atoms with E-state index in [2.05, 4.69) is 0 Å². The van der Waals surface area contributed by atoms with Gasteiger partial charge in [0.2, 0.25) is 17.0 Å². The third-order valence-corrected chi connectivity index (χ3v) is 8.02. The number of benzene rings is 4. The first-order chi connectivity index (χ1) is 21.8. The molecule has 0 heterocycles. The van der Waals surface area contributed by atoms with Gasteiger partial charge in [0.25, 0.3) is 0 Å². The summed E-state index contributed by atoms with van der Waals surface area (Å²) < 4.78 is 144. The molecule has 4 rings (SSSR count). The average Bonchev–Trinajstić information content (AvgIpc) is 3.01. The van der Waals surface area contributed by atoms with E-state index in [0.717, 1.165) is 67.6 Å². The van der Waals surface area contributed by atoms with Crippen LogP contribution in [0.2, 0.25) is 0 Å². The van der Waals surface area contributed by atoms with E-state index in [9.17, 15) is 44.7 Å². The molecular formula is C35H26F10O2. The van der Waals surface area contributed by atoms with Gasteiger partial charge in [-0.25, -0.2) is 0 Å². The summed E-state index contributed by atoms with van der Waals surface area (Å²) in [6.07, 6.45) is -12.3. The van der Waals surface area contributed by atoms with Gasteiger partial charge < -0.3 is 0 Å². The molecule has 0 aromatic heterocycles. The minimum atomic E-state index is -5.84. The molecule has 4 aromatic carbocycles. The number of hydrogen-bond donors (Lipinski definition) is 0. The lowest BCUT2D eigenvalue weighted by molar-refractivity contribution is -0.288. The van der Waals surface area contributed by atoms with Gasteiger partial charge >= 0.3 is 24.2 Å². The van der Waals surface area contributed by atoms with Crippen molar-refractivity contribution in [2.75, 3.05) is 0 Å². The van der Waals surface area contributed by atoms with Crippen LogP contribution in [0.5, 0.6) is 0 Å². The molecule has 0 radical (unpaired) electrons. The van der Waals surface area contributed by atoms with Crippen molar-refractivity contribution in [1.29, 1.82) is 0 Å². The van der Waals surface area contributed by atoms with Crippen LogP contribution in [-0.2, 0) is 39.7 Å². The van der Waals surface area contributed by atoms with Gasteiger partial charge in [-0.2, -0.15) is 43.9 Å². The van der Waals surface area contributed by atoms with Crippen molar-refractivity contribution >= 4 is 11.6 Å². The first-order valence-electron chi connectivity index (χ1n) is 14.1. The maximum Gasteiger partial charge on any atom is 0.411 e. The van der Waals surface area contributed by atoms with E-state index in [1.165, 1.54) is 24.3 Å². The van der Waals surface area contributed by atoms with E-state index in [0.29, 0.717) is 35.2 Å². The molecule has 0 aliphatic heterocycles. The van der Waals surface area contributed by atoms with Crippen LogP contribution in [0.25, 0.3) is 11.1 Å². The number of ketones is 2. The topological polar surface area (TPSA) is 34.1 Å². The van der Waals surface area contributed by atoms with Crippen molar-refractivity contribution in [3.63, 3.8) is 0 Å². The summed E-state index contributed by atoms with van der Waals surface area (Å²) in [5.41, 5.74) is -7.03. The Morgan fingerprint density at radius 3 is 1.17 bits per heavy atom. The average molecular weight is 669 g/mol. The number of carbonyl (C=O) groups is 2. The molecule has 0 aliphatic carbocycles. The van der Waals surface area contributed by atoms with Crippen LogP contribution in [0.15, 0.2) is 97.1 Å². The summed E-state index contributed by atoms with van der Waals surface area (Å²) in [4.78, 5) is 23.8. The van der Waals surface area contributed by atoms with Crippen LogP contribution in [0.3, 0.4) is 0 Å². The Kier molecular flexibility index (Phi) is 9.49. The molecule has 0 aliphatic rings. The lowest BCUT2D eigenvalue weighted by Crippen LogP contribution is -2.54. The number of hydrogen-bond acceptors (Lipinski definition) is 2. The third-order valence-electron chi connectivity index (χ3n) is 8.02. The van der Waals surface area contributed by atoms with E-state index in [1.54, 1.807) is 6.92 Å². The van der Waals surface area contributed by atoms with Crippen LogP contribution in [0.4, 0.5) is 43.9 Å². The van der Waals surface area contributed by atoms with Crippen molar-refractivity contribution in [3.8, 4) is 11.1 Å². The van der Waals surface area contributed by atoms with Gasteiger partial charge in [-0.1, -0.05) is 104 Å². The lowest BCUT2D eigenvalue weighted by atomic mass is 9.72. The summed E-state index contributed by atoms with van der Waals surface area (Å²) in [7, 11) is 0. The predicted molar refractivity (Wildman–Crippen MR) is 154 cm³/mol. The summed E-state index contributed by atoms with van der Waals surface area (Å²) in [5, 5.41) is 0. The molecule has 4 aromatic rings. The monoisotopic (exact) mass is 668 g/mol. The largest absolute Gasteiger partial charge is 0.411 e. The number of carbonyl (C=O) groups excluding carboxylic acids is 2. The smallest absolute Gasteiger partial charge is 0.293 e. The summed E-state index contributed by atoms with van der Waals surface area (Å²) in [6.45, 7) is 2.42. The molecule has 0 N–H and O–H groups in total. The molecule has 0 saturated heterocycles. The Balaban J connectivity index is 1.58. The van der Waals surface area contributed by atoms with Crippen molar-refractivity contribution in [2.45, 2.75) is 56.3 Å². The van der Waals surface area contributed by atoms with Crippen molar-refractivity contribution in [2.24, 2.45) is 0 Å². The molecule has 248 valence electrons. The normalized spacial score (nSPS) is 13.0. The molecule has 0 saturated carbocycles. The highest BCUT2D eigenvalue weighted by molar-refractivity contribution is 5.89. The van der Waals surface area contributed by atoms with Crippen LogP contribution < -0.4 is 0 Å². The van der Waals surface area contributed by atoms with Gasteiger partial charge in [-0.3, -0.25) is 9.59 Å². The fourth-order valence-corrected chi connectivity index (χ4v) is 5.25. The van der Waals surface area contributed by atoms with E-state index >= 15 is 8.78 Å². The second-order valence-corrected chi connectivity index (χ2v) is 11.0. The zero-order chi connectivity index (χ0) is 35.0. The second-order valence-electron chi connectivity index (χ2n) is 11.0. The molecular weight excluding hydrogens is 642 g/mol. The molecule has 47 heavy (non-hydrogen) atoms. The maximum atomic E-state index is 15.1. The van der Waals surface area contributed by atoms with E-state index in [1.807, 2.05) is 0 Å². The minimum Gasteiger partial charge on any atom is -0.293 e. The van der Waals surface area contributed by atoms with Gasteiger partial charge in [0.15, 0.2) is 0 Å². The maximum absolute atomic E-state index is 15.1. The highest BCUT2D eigenvalue weighted by Crippen LogP contribution is 2.56.